The fourth-order valence-corrected chi connectivity index (χ4v) is 3.66. The summed E-state index contributed by atoms with van der Waals surface area (Å²) in [6.45, 7) is 6.85. The fraction of sp³-hybridized carbons (Fsp3) is 0.684. The molecule has 1 aliphatic heterocycles. The minimum atomic E-state index is 0.661. The second-order valence-electron chi connectivity index (χ2n) is 6.91. The maximum atomic E-state index is 5.46. The molecule has 1 saturated carbocycles. The smallest absolute Gasteiger partial charge is 0.203 e. The van der Waals surface area contributed by atoms with Crippen molar-refractivity contribution in [1.29, 1.82) is 0 Å². The number of rotatable bonds is 7. The van der Waals surface area contributed by atoms with Crippen molar-refractivity contribution in [2.45, 2.75) is 25.8 Å². The number of hydrogen-bond acceptors (Lipinski definition) is 5. The summed E-state index contributed by atoms with van der Waals surface area (Å²) in [5.41, 5.74) is 1.21. The molecule has 2 aliphatic rings. The van der Waals surface area contributed by atoms with Crippen molar-refractivity contribution in [3.63, 3.8) is 0 Å². The molecule has 5 heteroatoms. The van der Waals surface area contributed by atoms with Gasteiger partial charge in [-0.1, -0.05) is 6.42 Å². The van der Waals surface area contributed by atoms with Crippen LogP contribution < -0.4 is 14.2 Å². The summed E-state index contributed by atoms with van der Waals surface area (Å²) in [7, 11) is 4.97. The molecule has 0 aromatic heterocycles. The van der Waals surface area contributed by atoms with E-state index in [-0.39, 0.29) is 0 Å². The van der Waals surface area contributed by atoms with Crippen LogP contribution in [-0.4, -0.2) is 63.9 Å². The molecule has 1 heterocycles. The Morgan fingerprint density at radius 3 is 1.92 bits per heavy atom. The lowest BCUT2D eigenvalue weighted by Gasteiger charge is -2.38. The average Bonchev–Trinajstić information content (AvgIpc) is 2.58. The highest BCUT2D eigenvalue weighted by Crippen LogP contribution is 2.38. The van der Waals surface area contributed by atoms with Crippen LogP contribution in [0, 0.1) is 5.92 Å². The molecule has 1 saturated heterocycles. The molecule has 2 fully saturated rings. The normalized spacial score (nSPS) is 19.8. The summed E-state index contributed by atoms with van der Waals surface area (Å²) in [4.78, 5) is 5.15. The molecule has 134 valence electrons. The Morgan fingerprint density at radius 2 is 1.46 bits per heavy atom. The van der Waals surface area contributed by atoms with Gasteiger partial charge >= 0.3 is 0 Å². The van der Waals surface area contributed by atoms with E-state index in [1.807, 2.05) is 0 Å². The van der Waals surface area contributed by atoms with Gasteiger partial charge in [-0.15, -0.1) is 0 Å². The van der Waals surface area contributed by atoms with E-state index in [4.69, 9.17) is 14.2 Å². The van der Waals surface area contributed by atoms with Crippen LogP contribution in [0.3, 0.4) is 0 Å². The molecule has 0 spiro atoms. The molecular formula is C19H30N2O3. The van der Waals surface area contributed by atoms with Gasteiger partial charge in [0.25, 0.3) is 0 Å². The first-order chi connectivity index (χ1) is 11.7. The minimum absolute atomic E-state index is 0.661. The van der Waals surface area contributed by atoms with Crippen molar-refractivity contribution in [1.82, 2.24) is 9.80 Å². The van der Waals surface area contributed by atoms with Crippen LogP contribution in [0.5, 0.6) is 17.2 Å². The van der Waals surface area contributed by atoms with Gasteiger partial charge in [0.2, 0.25) is 5.75 Å². The number of benzene rings is 1. The summed E-state index contributed by atoms with van der Waals surface area (Å²) in [5.74, 6) is 3.09. The highest BCUT2D eigenvalue weighted by Gasteiger charge is 2.24. The zero-order chi connectivity index (χ0) is 16.9. The Morgan fingerprint density at radius 1 is 0.875 bits per heavy atom. The molecule has 0 bridgehead atoms. The van der Waals surface area contributed by atoms with Crippen molar-refractivity contribution in [3.05, 3.63) is 17.7 Å². The van der Waals surface area contributed by atoms with E-state index in [1.54, 1.807) is 21.3 Å². The summed E-state index contributed by atoms with van der Waals surface area (Å²) in [5, 5.41) is 0. The Bertz CT molecular complexity index is 512. The highest BCUT2D eigenvalue weighted by atomic mass is 16.5. The summed E-state index contributed by atoms with van der Waals surface area (Å²) >= 11 is 0. The maximum Gasteiger partial charge on any atom is 0.203 e. The van der Waals surface area contributed by atoms with Gasteiger partial charge in [-0.05, 0) is 36.5 Å². The van der Waals surface area contributed by atoms with Gasteiger partial charge in [-0.25, -0.2) is 0 Å². The van der Waals surface area contributed by atoms with E-state index in [1.165, 1.54) is 44.5 Å². The number of ether oxygens (including phenoxy) is 3. The van der Waals surface area contributed by atoms with E-state index in [9.17, 15) is 0 Å². The first-order valence-corrected chi connectivity index (χ1v) is 8.97. The maximum absolute atomic E-state index is 5.46. The molecule has 24 heavy (non-hydrogen) atoms. The van der Waals surface area contributed by atoms with Gasteiger partial charge in [-0.2, -0.15) is 0 Å². The zero-order valence-corrected chi connectivity index (χ0v) is 15.2. The lowest BCUT2D eigenvalue weighted by molar-refractivity contribution is 0.0966. The van der Waals surface area contributed by atoms with Crippen LogP contribution in [0.1, 0.15) is 24.8 Å². The van der Waals surface area contributed by atoms with Crippen molar-refractivity contribution in [3.8, 4) is 17.2 Å². The second kappa shape index (κ2) is 8.08. The lowest BCUT2D eigenvalue weighted by atomic mass is 9.85. The molecular weight excluding hydrogens is 304 g/mol. The van der Waals surface area contributed by atoms with Crippen molar-refractivity contribution in [2.24, 2.45) is 5.92 Å². The summed E-state index contributed by atoms with van der Waals surface area (Å²) in [6, 6.07) is 4.12. The Labute approximate surface area is 145 Å². The Kier molecular flexibility index (Phi) is 5.85. The van der Waals surface area contributed by atoms with Crippen LogP contribution >= 0.6 is 0 Å². The number of methoxy groups -OCH3 is 3. The monoisotopic (exact) mass is 334 g/mol. The topological polar surface area (TPSA) is 34.2 Å². The molecule has 0 amide bonds. The predicted octanol–water partition coefficient (Wildman–Crippen LogP) is 2.63. The quantitative estimate of drug-likeness (QED) is 0.766. The Balaban J connectivity index is 1.58. The van der Waals surface area contributed by atoms with Crippen LogP contribution in [0.4, 0.5) is 0 Å². The van der Waals surface area contributed by atoms with Crippen LogP contribution in [0.25, 0.3) is 0 Å². The first-order valence-electron chi connectivity index (χ1n) is 8.97. The molecule has 1 aromatic carbocycles. The van der Waals surface area contributed by atoms with E-state index in [0.717, 1.165) is 37.1 Å². The number of hydrogen-bond donors (Lipinski definition) is 0. The van der Waals surface area contributed by atoms with Gasteiger partial charge in [0.15, 0.2) is 11.5 Å². The third-order valence-corrected chi connectivity index (χ3v) is 5.34. The average molecular weight is 334 g/mol. The van der Waals surface area contributed by atoms with Crippen LogP contribution in [0.15, 0.2) is 12.1 Å². The second-order valence-corrected chi connectivity index (χ2v) is 6.91. The largest absolute Gasteiger partial charge is 0.493 e. The van der Waals surface area contributed by atoms with E-state index >= 15 is 0 Å². The zero-order valence-electron chi connectivity index (χ0n) is 15.2. The first kappa shape index (κ1) is 17.4. The van der Waals surface area contributed by atoms with Gasteiger partial charge in [-0.3, -0.25) is 4.90 Å². The molecule has 0 N–H and O–H groups in total. The fourth-order valence-electron chi connectivity index (χ4n) is 3.66. The molecule has 0 atom stereocenters. The van der Waals surface area contributed by atoms with Gasteiger partial charge in [0, 0.05) is 39.3 Å². The molecule has 0 radical (unpaired) electrons. The molecule has 1 aromatic rings. The standard InChI is InChI=1S/C19H30N2O3/c1-22-17-11-16(12-18(23-2)19(17)24-3)14-21-9-7-20(8-10-21)13-15-5-4-6-15/h11-12,15H,4-10,13-14H2,1-3H3. The van der Waals surface area contributed by atoms with Crippen molar-refractivity contribution in [2.75, 3.05) is 54.1 Å². The van der Waals surface area contributed by atoms with E-state index in [0.29, 0.717) is 5.75 Å². The summed E-state index contributed by atoms with van der Waals surface area (Å²) in [6.07, 6.45) is 4.31. The Hall–Kier alpha value is -1.46. The molecule has 5 nitrogen and oxygen atoms in total. The third kappa shape index (κ3) is 3.95. The van der Waals surface area contributed by atoms with Gasteiger partial charge in [0.1, 0.15) is 0 Å². The highest BCUT2D eigenvalue weighted by molar-refractivity contribution is 5.53. The SMILES string of the molecule is COc1cc(CN2CCN(CC3CCC3)CC2)cc(OC)c1OC. The minimum Gasteiger partial charge on any atom is -0.493 e. The predicted molar refractivity (Wildman–Crippen MR) is 95.2 cm³/mol. The third-order valence-electron chi connectivity index (χ3n) is 5.34. The molecule has 1 aliphatic carbocycles. The van der Waals surface area contributed by atoms with Crippen molar-refractivity contribution >= 4 is 0 Å². The van der Waals surface area contributed by atoms with E-state index < -0.39 is 0 Å². The van der Waals surface area contributed by atoms with Gasteiger partial charge < -0.3 is 19.1 Å². The molecule has 0 unspecified atom stereocenters. The van der Waals surface area contributed by atoms with Crippen LogP contribution in [-0.2, 0) is 6.54 Å². The lowest BCUT2D eigenvalue weighted by Crippen LogP contribution is -2.47. The number of piperazine rings is 1. The summed E-state index contributed by atoms with van der Waals surface area (Å²) < 4.78 is 16.3. The van der Waals surface area contributed by atoms with Gasteiger partial charge in [0.05, 0.1) is 21.3 Å². The van der Waals surface area contributed by atoms with Crippen molar-refractivity contribution < 1.29 is 14.2 Å². The number of nitrogens with zero attached hydrogens (tertiary/aromatic N) is 2. The van der Waals surface area contributed by atoms with Crippen LogP contribution in [0.2, 0.25) is 0 Å². The van der Waals surface area contributed by atoms with E-state index in [2.05, 4.69) is 21.9 Å². The molecule has 3 rings (SSSR count).